The van der Waals surface area contributed by atoms with Gasteiger partial charge in [-0.2, -0.15) is 0 Å². The monoisotopic (exact) mass is 920 g/mol. The van der Waals surface area contributed by atoms with E-state index in [0.717, 1.165) is 134 Å². The van der Waals surface area contributed by atoms with Crippen LogP contribution >= 0.6 is 0 Å². The number of benzene rings is 8. The molecule has 72 heavy (non-hydrogen) atoms. The van der Waals surface area contributed by atoms with Crippen molar-refractivity contribution in [3.05, 3.63) is 279 Å². The summed E-state index contributed by atoms with van der Waals surface area (Å²) in [5.74, 6) is 27.5. The topological polar surface area (TPSA) is 0 Å². The van der Waals surface area contributed by atoms with Crippen molar-refractivity contribution in [1.29, 1.82) is 0 Å². The van der Waals surface area contributed by atoms with E-state index >= 15 is 0 Å². The van der Waals surface area contributed by atoms with Gasteiger partial charge in [-0.05, 0) is 193 Å². The molecule has 344 valence electrons. The molecule has 0 N–H and O–H groups in total. The van der Waals surface area contributed by atoms with Crippen LogP contribution in [0.2, 0.25) is 0 Å². The Balaban J connectivity index is 0.986. The molecule has 0 fully saturated rings. The van der Waals surface area contributed by atoms with Crippen LogP contribution in [-0.4, -0.2) is 0 Å². The first-order chi connectivity index (χ1) is 34.9. The van der Waals surface area contributed by atoms with Gasteiger partial charge in [0, 0.05) is 44.5 Å². The van der Waals surface area contributed by atoms with E-state index in [1.165, 1.54) is 0 Å². The van der Waals surface area contributed by atoms with Crippen molar-refractivity contribution in [3.63, 3.8) is 0 Å². The maximum atomic E-state index is 3.43. The molecule has 0 saturated heterocycles. The van der Waals surface area contributed by atoms with Crippen molar-refractivity contribution in [2.45, 2.75) is 55.4 Å². The first-order valence-electron chi connectivity index (χ1n) is 24.5. The Hall–Kier alpha value is -9.04. The molecule has 16 bridgehead atoms. The SMILES string of the molecule is Cc1cc2ccc1C#Cc1ccc(cc1C)/C=C\c1ccc(c(C)c1)C#Cc1ccc(cc1C)/C=C\c1ccc(c(C)c1)C#Cc1ccc(cc1C)/C=C\c1ccc(c(C)c1)C#Cc1ccc(cc1C)/C=C\2. The fourth-order valence-corrected chi connectivity index (χ4v) is 8.75. The van der Waals surface area contributed by atoms with Gasteiger partial charge in [0.2, 0.25) is 0 Å². The zero-order chi connectivity index (χ0) is 50.1. The van der Waals surface area contributed by atoms with Crippen LogP contribution in [0.4, 0.5) is 0 Å². The molecule has 8 aromatic rings. The minimum absolute atomic E-state index is 1.03. The highest BCUT2D eigenvalue weighted by Crippen LogP contribution is 2.22. The van der Waals surface area contributed by atoms with E-state index in [4.69, 9.17) is 0 Å². The largest absolute Gasteiger partial charge is 0.0614 e. The van der Waals surface area contributed by atoms with Crippen LogP contribution in [0.15, 0.2) is 146 Å². The van der Waals surface area contributed by atoms with E-state index in [1.54, 1.807) is 0 Å². The summed E-state index contributed by atoms with van der Waals surface area (Å²) in [5, 5.41) is 0. The van der Waals surface area contributed by atoms with E-state index < -0.39 is 0 Å². The van der Waals surface area contributed by atoms with Gasteiger partial charge in [-0.3, -0.25) is 0 Å². The molecule has 22 aliphatic rings. The molecule has 0 aromatic heterocycles. The summed E-state index contributed by atoms with van der Waals surface area (Å²) in [6, 6.07) is 51.7. The van der Waals surface area contributed by atoms with Crippen molar-refractivity contribution in [3.8, 4) is 47.4 Å². The van der Waals surface area contributed by atoms with Gasteiger partial charge in [-0.25, -0.2) is 0 Å². The van der Waals surface area contributed by atoms with Crippen molar-refractivity contribution in [1.82, 2.24) is 0 Å². The van der Waals surface area contributed by atoms with Crippen molar-refractivity contribution in [2.24, 2.45) is 0 Å². The third-order valence-corrected chi connectivity index (χ3v) is 13.2. The second-order valence-electron chi connectivity index (χ2n) is 18.9. The van der Waals surface area contributed by atoms with Crippen LogP contribution in [0.25, 0.3) is 48.6 Å². The van der Waals surface area contributed by atoms with E-state index in [-0.39, 0.29) is 0 Å². The van der Waals surface area contributed by atoms with Crippen LogP contribution < -0.4 is 0 Å². The molecule has 0 unspecified atom stereocenters. The molecule has 0 aliphatic heterocycles. The standard InChI is InChI=1S/C72H56/c1-49-41-57-9-10-58-19-27-67(51(3)43-58)35-36-68-29-21-61(45-53(68)5)13-14-62-23-31-71(55(7)47-62)39-40-72-32-24-64(48-56(72)8)16-15-63-22-30-70(54(6)46-63)38-37-69-28-20-60(44-52(69)4)12-11-59-18-26-66(50(2)42-59)34-33-65(49)25-17-57/h9-32,41-48H,1-8H3/b10-9-,12-11-,14-13-,16-15-,57-9?,58-10?,59-11?,60-12?,61-13?,62-14?,63-15?,64-16?. The maximum Gasteiger partial charge on any atom is 0.0278 e. The minimum atomic E-state index is 1.03. The van der Waals surface area contributed by atoms with Gasteiger partial charge in [-0.15, -0.1) is 0 Å². The summed E-state index contributed by atoms with van der Waals surface area (Å²) in [4.78, 5) is 0. The van der Waals surface area contributed by atoms with Crippen LogP contribution in [0.1, 0.15) is 134 Å². The molecule has 30 rings (SSSR count). The van der Waals surface area contributed by atoms with Gasteiger partial charge >= 0.3 is 0 Å². The number of hydrogen-bond donors (Lipinski definition) is 0. The molecular weight excluding hydrogens is 865 g/mol. The lowest BCUT2D eigenvalue weighted by Crippen LogP contribution is -1.88. The van der Waals surface area contributed by atoms with Crippen LogP contribution in [0.5, 0.6) is 0 Å². The lowest BCUT2D eigenvalue weighted by atomic mass is 10.00. The molecule has 0 heterocycles. The molecule has 0 saturated carbocycles. The Bertz CT molecular complexity index is 3100. The molecule has 0 heteroatoms. The Labute approximate surface area is 428 Å². The first kappa shape index (κ1) is 48.0. The highest BCUT2D eigenvalue weighted by molar-refractivity contribution is 5.75. The summed E-state index contributed by atoms with van der Waals surface area (Å²) >= 11 is 0. The third kappa shape index (κ3) is 12.0. The molecule has 0 atom stereocenters. The number of hydrogen-bond acceptors (Lipinski definition) is 0. The number of rotatable bonds is 0. The van der Waals surface area contributed by atoms with E-state index in [2.05, 4.69) is 297 Å². The highest BCUT2D eigenvalue weighted by Gasteiger charge is 2.05. The summed E-state index contributed by atoms with van der Waals surface area (Å²) in [7, 11) is 0. The average molecular weight is 921 g/mol. The highest BCUT2D eigenvalue weighted by atomic mass is 14.1. The molecule has 8 aromatic carbocycles. The summed E-state index contributed by atoms with van der Waals surface area (Å²) in [5.41, 5.74) is 26.5. The van der Waals surface area contributed by atoms with Gasteiger partial charge in [0.15, 0.2) is 0 Å². The third-order valence-electron chi connectivity index (χ3n) is 13.2. The van der Waals surface area contributed by atoms with Crippen molar-refractivity contribution >= 4 is 48.6 Å². The lowest BCUT2D eigenvalue weighted by Gasteiger charge is -2.04. The molecule has 0 amide bonds. The van der Waals surface area contributed by atoms with E-state index in [1.807, 2.05) is 0 Å². The zero-order valence-electron chi connectivity index (χ0n) is 42.5. The predicted molar refractivity (Wildman–Crippen MR) is 309 cm³/mol. The minimum Gasteiger partial charge on any atom is -0.0614 e. The fourth-order valence-electron chi connectivity index (χ4n) is 8.75. The second kappa shape index (κ2) is 21.7. The second-order valence-corrected chi connectivity index (χ2v) is 18.9. The van der Waals surface area contributed by atoms with Gasteiger partial charge in [0.25, 0.3) is 0 Å². The average Bonchev–Trinajstić information content (AvgIpc) is 3.36. The molecular formula is C72H56. The van der Waals surface area contributed by atoms with Crippen molar-refractivity contribution in [2.75, 3.05) is 0 Å². The van der Waals surface area contributed by atoms with Crippen molar-refractivity contribution < 1.29 is 0 Å². The van der Waals surface area contributed by atoms with Crippen LogP contribution in [0.3, 0.4) is 0 Å². The van der Waals surface area contributed by atoms with Gasteiger partial charge in [0.05, 0.1) is 0 Å². The van der Waals surface area contributed by atoms with Gasteiger partial charge in [-0.1, -0.05) is 193 Å². The molecule has 0 radical (unpaired) electrons. The summed E-state index contributed by atoms with van der Waals surface area (Å²) in [6.07, 6.45) is 17.3. The van der Waals surface area contributed by atoms with Crippen LogP contribution in [-0.2, 0) is 0 Å². The predicted octanol–water partition coefficient (Wildman–Crippen LogP) is 16.7. The first-order valence-corrected chi connectivity index (χ1v) is 24.5. The summed E-state index contributed by atoms with van der Waals surface area (Å²) in [6.45, 7) is 17.0. The fraction of sp³-hybridized carbons (Fsp3) is 0.111. The Morgan fingerprint density at radius 2 is 0.278 bits per heavy atom. The van der Waals surface area contributed by atoms with E-state index in [0.29, 0.717) is 0 Å². The Morgan fingerprint density at radius 1 is 0.167 bits per heavy atom. The molecule has 22 aliphatic carbocycles. The van der Waals surface area contributed by atoms with Crippen LogP contribution in [0, 0.1) is 103 Å². The maximum absolute atomic E-state index is 3.43. The normalized spacial score (nSPS) is 13.4. The van der Waals surface area contributed by atoms with Gasteiger partial charge in [0.1, 0.15) is 0 Å². The molecule has 0 spiro atoms. The van der Waals surface area contributed by atoms with Gasteiger partial charge < -0.3 is 0 Å². The Morgan fingerprint density at radius 3 is 0.375 bits per heavy atom. The summed E-state index contributed by atoms with van der Waals surface area (Å²) < 4.78 is 0. The molecule has 0 nitrogen and oxygen atoms in total. The number of aryl methyl sites for hydroxylation is 8. The quantitative estimate of drug-likeness (QED) is 0.133. The zero-order valence-corrected chi connectivity index (χ0v) is 42.5. The lowest BCUT2D eigenvalue weighted by molar-refractivity contribution is 1.40. The van der Waals surface area contributed by atoms with E-state index in [9.17, 15) is 0 Å². The smallest absolute Gasteiger partial charge is 0.0278 e. The Kier molecular flexibility index (Phi) is 14.5.